The monoisotopic (exact) mass is 380 g/mol. The highest BCUT2D eigenvalue weighted by atomic mass is 35.5. The van der Waals surface area contributed by atoms with Gasteiger partial charge in [0.2, 0.25) is 0 Å². The van der Waals surface area contributed by atoms with E-state index in [2.05, 4.69) is 4.74 Å². The van der Waals surface area contributed by atoms with Gasteiger partial charge >= 0.3 is 5.97 Å². The van der Waals surface area contributed by atoms with Crippen molar-refractivity contribution >= 4 is 17.6 Å². The Hall–Kier alpha value is -1.24. The molecule has 25 heavy (non-hydrogen) atoms. The van der Waals surface area contributed by atoms with Crippen LogP contribution in [0.4, 0.5) is 8.78 Å². The lowest BCUT2D eigenvalue weighted by Gasteiger charge is -2.24. The predicted molar refractivity (Wildman–Crippen MR) is 101 cm³/mol. The van der Waals surface area contributed by atoms with Crippen LogP contribution in [0.2, 0.25) is 5.02 Å². The molecule has 2 N–H and O–H groups in total. The van der Waals surface area contributed by atoms with Crippen molar-refractivity contribution in [2.24, 2.45) is 5.73 Å². The number of halogens is 3. The minimum Gasteiger partial charge on any atom is -0.465 e. The average Bonchev–Trinajstić information content (AvgIpc) is 2.63. The first-order valence-electron chi connectivity index (χ1n) is 8.52. The summed E-state index contributed by atoms with van der Waals surface area (Å²) in [6.45, 7) is 10.2. The van der Waals surface area contributed by atoms with Crippen LogP contribution in [0.25, 0.3) is 0 Å². The molecule has 0 amide bonds. The molecular formula is C18H31ClF2N2O2. The maximum Gasteiger partial charge on any atom is 0.339 e. The molecule has 0 aromatic heterocycles. The number of benzene rings is 1. The minimum absolute atomic E-state index is 0.228. The highest BCUT2D eigenvalue weighted by Gasteiger charge is 2.17. The normalized spacial score (nSPS) is 11.2. The predicted octanol–water partition coefficient (Wildman–Crippen LogP) is 4.77. The van der Waals surface area contributed by atoms with Crippen molar-refractivity contribution in [3.8, 4) is 0 Å². The third-order valence-corrected chi connectivity index (χ3v) is 3.44. The minimum atomic E-state index is -2.40. The van der Waals surface area contributed by atoms with Gasteiger partial charge in [-0.05, 0) is 24.2 Å². The number of ether oxygens (including phenoxy) is 1. The van der Waals surface area contributed by atoms with E-state index in [4.69, 9.17) is 17.3 Å². The molecule has 1 aromatic carbocycles. The number of carbonyl (C=O) groups is 1. The maximum atomic E-state index is 12.4. The SMILES string of the molecule is CC.CC.CCN(CC(F)F)CC(N)c1ccc(C(=O)OC)c(Cl)c1. The number of rotatable bonds is 7. The van der Waals surface area contributed by atoms with E-state index in [0.29, 0.717) is 12.1 Å². The third-order valence-electron chi connectivity index (χ3n) is 3.12. The average molecular weight is 381 g/mol. The Morgan fingerprint density at radius 2 is 1.80 bits per heavy atom. The molecule has 1 unspecified atom stereocenters. The molecule has 1 rings (SSSR count). The van der Waals surface area contributed by atoms with E-state index in [1.807, 2.05) is 27.7 Å². The zero-order valence-corrected chi connectivity index (χ0v) is 16.7. The van der Waals surface area contributed by atoms with Gasteiger partial charge < -0.3 is 10.5 Å². The van der Waals surface area contributed by atoms with Crippen LogP contribution in [0.1, 0.15) is 56.6 Å². The van der Waals surface area contributed by atoms with E-state index in [9.17, 15) is 13.6 Å². The van der Waals surface area contributed by atoms with Crippen LogP contribution < -0.4 is 5.73 Å². The summed E-state index contributed by atoms with van der Waals surface area (Å²) in [5.41, 5.74) is 6.94. The van der Waals surface area contributed by atoms with Crippen LogP contribution in [-0.2, 0) is 4.74 Å². The maximum absolute atomic E-state index is 12.4. The van der Waals surface area contributed by atoms with Crippen LogP contribution in [0.5, 0.6) is 0 Å². The van der Waals surface area contributed by atoms with E-state index in [1.54, 1.807) is 24.0 Å². The molecule has 0 aliphatic carbocycles. The smallest absolute Gasteiger partial charge is 0.339 e. The molecular weight excluding hydrogens is 350 g/mol. The van der Waals surface area contributed by atoms with Gasteiger partial charge in [-0.1, -0.05) is 52.3 Å². The zero-order chi connectivity index (χ0) is 20.0. The molecule has 0 aliphatic rings. The summed E-state index contributed by atoms with van der Waals surface area (Å²) in [5.74, 6) is -0.534. The number of methoxy groups -OCH3 is 1. The molecule has 146 valence electrons. The number of esters is 1. The second-order valence-electron chi connectivity index (χ2n) is 4.58. The van der Waals surface area contributed by atoms with Gasteiger partial charge in [0.15, 0.2) is 0 Å². The lowest BCUT2D eigenvalue weighted by Crippen LogP contribution is -2.35. The molecule has 1 aromatic rings. The molecule has 0 saturated carbocycles. The van der Waals surface area contributed by atoms with Crippen LogP contribution in [0.15, 0.2) is 18.2 Å². The first kappa shape index (κ1) is 26.0. The van der Waals surface area contributed by atoms with Gasteiger partial charge in [0.1, 0.15) is 0 Å². The van der Waals surface area contributed by atoms with Crippen molar-refractivity contribution in [1.29, 1.82) is 0 Å². The number of carbonyl (C=O) groups excluding carboxylic acids is 1. The number of nitrogens with zero attached hydrogens (tertiary/aromatic N) is 1. The highest BCUT2D eigenvalue weighted by molar-refractivity contribution is 6.33. The summed E-state index contributed by atoms with van der Waals surface area (Å²) in [5, 5.41) is 0.228. The van der Waals surface area contributed by atoms with Crippen LogP contribution in [0, 0.1) is 0 Å². The summed E-state index contributed by atoms with van der Waals surface area (Å²) in [6.07, 6.45) is -2.40. The Morgan fingerprint density at radius 1 is 1.24 bits per heavy atom. The number of likely N-dealkylation sites (N-methyl/N-ethyl adjacent to an activating group) is 1. The van der Waals surface area contributed by atoms with Crippen molar-refractivity contribution in [1.82, 2.24) is 4.90 Å². The summed E-state index contributed by atoms with van der Waals surface area (Å²) in [4.78, 5) is 13.0. The van der Waals surface area contributed by atoms with E-state index < -0.39 is 18.4 Å². The van der Waals surface area contributed by atoms with Crippen LogP contribution >= 0.6 is 11.6 Å². The van der Waals surface area contributed by atoms with Gasteiger partial charge in [0.05, 0.1) is 24.2 Å². The third kappa shape index (κ3) is 9.72. The molecule has 0 spiro atoms. The van der Waals surface area contributed by atoms with Gasteiger partial charge in [0.25, 0.3) is 6.43 Å². The highest BCUT2D eigenvalue weighted by Crippen LogP contribution is 2.22. The van der Waals surface area contributed by atoms with Crippen molar-refractivity contribution in [2.75, 3.05) is 26.7 Å². The van der Waals surface area contributed by atoms with Gasteiger partial charge in [-0.25, -0.2) is 13.6 Å². The van der Waals surface area contributed by atoms with E-state index >= 15 is 0 Å². The molecule has 0 bridgehead atoms. The standard InChI is InChI=1S/C14H19ClF2N2O2.2C2H6/c1-3-19(8-13(16)17)7-12(18)9-4-5-10(11(15)6-9)14(20)21-2;2*1-2/h4-6,12-13H,3,7-8,18H2,1-2H3;2*1-2H3. The van der Waals surface area contributed by atoms with Crippen molar-refractivity contribution in [3.63, 3.8) is 0 Å². The number of nitrogens with two attached hydrogens (primary N) is 1. The zero-order valence-electron chi connectivity index (χ0n) is 16.0. The quantitative estimate of drug-likeness (QED) is 0.692. The number of hydrogen-bond donors (Lipinski definition) is 1. The molecule has 0 heterocycles. The second kappa shape index (κ2) is 15.0. The molecule has 0 fully saturated rings. The van der Waals surface area contributed by atoms with Crippen molar-refractivity contribution < 1.29 is 18.3 Å². The molecule has 4 nitrogen and oxygen atoms in total. The van der Waals surface area contributed by atoms with Crippen LogP contribution in [0.3, 0.4) is 0 Å². The topological polar surface area (TPSA) is 55.6 Å². The van der Waals surface area contributed by atoms with Gasteiger partial charge in [0, 0.05) is 12.6 Å². The Labute approximate surface area is 155 Å². The molecule has 0 aliphatic heterocycles. The van der Waals surface area contributed by atoms with E-state index in [1.165, 1.54) is 13.2 Å². The molecule has 7 heteroatoms. The van der Waals surface area contributed by atoms with E-state index in [-0.39, 0.29) is 23.7 Å². The summed E-state index contributed by atoms with van der Waals surface area (Å²) >= 11 is 6.01. The van der Waals surface area contributed by atoms with Crippen molar-refractivity contribution in [3.05, 3.63) is 34.3 Å². The van der Waals surface area contributed by atoms with Gasteiger partial charge in [-0.15, -0.1) is 0 Å². The molecule has 0 radical (unpaired) electrons. The first-order valence-corrected chi connectivity index (χ1v) is 8.90. The fraction of sp³-hybridized carbons (Fsp3) is 0.611. The number of alkyl halides is 2. The Kier molecular flexibility index (Phi) is 15.6. The lowest BCUT2D eigenvalue weighted by molar-refractivity contribution is 0.0600. The summed E-state index contributed by atoms with van der Waals surface area (Å²) in [6, 6.07) is 4.27. The van der Waals surface area contributed by atoms with E-state index in [0.717, 1.165) is 0 Å². The van der Waals surface area contributed by atoms with Crippen molar-refractivity contribution in [2.45, 2.75) is 47.1 Å². The van der Waals surface area contributed by atoms with Gasteiger partial charge in [-0.3, -0.25) is 4.90 Å². The summed E-state index contributed by atoms with van der Waals surface area (Å²) in [7, 11) is 1.27. The molecule has 0 saturated heterocycles. The Morgan fingerprint density at radius 3 is 2.20 bits per heavy atom. The number of hydrogen-bond acceptors (Lipinski definition) is 4. The largest absolute Gasteiger partial charge is 0.465 e. The lowest BCUT2D eigenvalue weighted by atomic mass is 10.0. The Bertz CT molecular complexity index is 488. The molecule has 1 atom stereocenters. The second-order valence-corrected chi connectivity index (χ2v) is 4.99. The van der Waals surface area contributed by atoms with Crippen LogP contribution in [-0.4, -0.2) is 44.0 Å². The fourth-order valence-corrected chi connectivity index (χ4v) is 2.22. The first-order chi connectivity index (χ1) is 11.9. The summed E-state index contributed by atoms with van der Waals surface area (Å²) < 4.78 is 29.4. The fourth-order valence-electron chi connectivity index (χ4n) is 1.95. The Balaban J connectivity index is 0. The van der Waals surface area contributed by atoms with Gasteiger partial charge in [-0.2, -0.15) is 0 Å².